The Morgan fingerprint density at radius 1 is 1.24 bits per heavy atom. The van der Waals surface area contributed by atoms with Crippen LogP contribution in [0.4, 0.5) is 0 Å². The minimum Gasteiger partial charge on any atom is -0.367 e. The van der Waals surface area contributed by atoms with Gasteiger partial charge in [-0.2, -0.15) is 0 Å². The molecule has 2 atom stereocenters. The normalized spacial score (nSPS) is 13.8. The van der Waals surface area contributed by atoms with Gasteiger partial charge in [-0.05, 0) is 19.4 Å². The van der Waals surface area contributed by atoms with Crippen LogP contribution < -0.4 is 5.32 Å². The number of carbonyl (C=O) groups is 2. The molecule has 0 saturated heterocycles. The van der Waals surface area contributed by atoms with Crippen molar-refractivity contribution in [2.45, 2.75) is 26.0 Å². The van der Waals surface area contributed by atoms with Gasteiger partial charge in [0.05, 0.1) is 6.04 Å². The molecule has 0 fully saturated rings. The molecule has 2 unspecified atom stereocenters. The molecule has 4 heteroatoms. The molecule has 1 aromatic carbocycles. The van der Waals surface area contributed by atoms with Crippen LogP contribution in [0.15, 0.2) is 30.3 Å². The number of nitrogens with one attached hydrogen (secondary N) is 1. The highest BCUT2D eigenvalue weighted by Gasteiger charge is 2.22. The fourth-order valence-corrected chi connectivity index (χ4v) is 1.41. The third-order valence-electron chi connectivity index (χ3n) is 2.54. The Bertz CT molecular complexity index is 389. The standard InChI is InChI=1S/C13H17NO3/c1-9(10(2)15)14-13(16)12(17-3)11-7-5-4-6-8-11/h4-9,12H,1-3H3,(H,14,16). The zero-order valence-corrected chi connectivity index (χ0v) is 10.3. The first-order chi connectivity index (χ1) is 8.06. The molecular weight excluding hydrogens is 218 g/mol. The third-order valence-corrected chi connectivity index (χ3v) is 2.54. The number of ketones is 1. The number of rotatable bonds is 5. The average molecular weight is 235 g/mol. The first-order valence-corrected chi connectivity index (χ1v) is 5.44. The van der Waals surface area contributed by atoms with Gasteiger partial charge in [0.1, 0.15) is 0 Å². The van der Waals surface area contributed by atoms with Gasteiger partial charge < -0.3 is 10.1 Å². The summed E-state index contributed by atoms with van der Waals surface area (Å²) in [4.78, 5) is 23.0. The molecule has 4 nitrogen and oxygen atoms in total. The molecule has 0 heterocycles. The molecule has 0 radical (unpaired) electrons. The van der Waals surface area contributed by atoms with Crippen LogP contribution in [-0.2, 0) is 14.3 Å². The molecule has 92 valence electrons. The summed E-state index contributed by atoms with van der Waals surface area (Å²) in [7, 11) is 1.47. The second kappa shape index (κ2) is 6.15. The van der Waals surface area contributed by atoms with Crippen molar-refractivity contribution in [3.05, 3.63) is 35.9 Å². The van der Waals surface area contributed by atoms with Crippen LogP contribution in [0.2, 0.25) is 0 Å². The minimum atomic E-state index is -0.682. The molecule has 0 spiro atoms. The molecule has 1 amide bonds. The SMILES string of the molecule is COC(C(=O)NC(C)C(C)=O)c1ccccc1. The van der Waals surface area contributed by atoms with E-state index < -0.39 is 12.1 Å². The number of amides is 1. The monoisotopic (exact) mass is 235 g/mol. The van der Waals surface area contributed by atoms with Crippen LogP contribution in [0.5, 0.6) is 0 Å². The molecule has 1 rings (SSSR count). The van der Waals surface area contributed by atoms with Gasteiger partial charge in [-0.15, -0.1) is 0 Å². The molecule has 1 N–H and O–H groups in total. The molecule has 0 aliphatic carbocycles. The summed E-state index contributed by atoms with van der Waals surface area (Å²) < 4.78 is 5.16. The quantitative estimate of drug-likeness (QED) is 0.840. The summed E-state index contributed by atoms with van der Waals surface area (Å²) >= 11 is 0. The Hall–Kier alpha value is -1.68. The number of hydrogen-bond donors (Lipinski definition) is 1. The van der Waals surface area contributed by atoms with Crippen molar-refractivity contribution in [1.82, 2.24) is 5.32 Å². The molecule has 17 heavy (non-hydrogen) atoms. The van der Waals surface area contributed by atoms with E-state index in [9.17, 15) is 9.59 Å². The van der Waals surface area contributed by atoms with Crippen molar-refractivity contribution in [3.8, 4) is 0 Å². The summed E-state index contributed by atoms with van der Waals surface area (Å²) in [6, 6.07) is 8.67. The predicted molar refractivity (Wildman–Crippen MR) is 64.5 cm³/mol. The maximum absolute atomic E-state index is 11.9. The number of methoxy groups -OCH3 is 1. The van der Waals surface area contributed by atoms with E-state index in [0.29, 0.717) is 0 Å². The van der Waals surface area contributed by atoms with Crippen LogP contribution in [0.3, 0.4) is 0 Å². The second-order valence-electron chi connectivity index (χ2n) is 3.87. The summed E-state index contributed by atoms with van der Waals surface area (Å²) in [5.74, 6) is -0.386. The van der Waals surface area contributed by atoms with Crippen molar-refractivity contribution >= 4 is 11.7 Å². The van der Waals surface area contributed by atoms with E-state index >= 15 is 0 Å². The minimum absolute atomic E-state index is 0.0822. The van der Waals surface area contributed by atoms with Gasteiger partial charge >= 0.3 is 0 Å². The van der Waals surface area contributed by atoms with Gasteiger partial charge in [0.2, 0.25) is 0 Å². The Morgan fingerprint density at radius 2 is 1.82 bits per heavy atom. The highest BCUT2D eigenvalue weighted by molar-refractivity contribution is 5.89. The molecular formula is C13H17NO3. The van der Waals surface area contributed by atoms with E-state index in [1.54, 1.807) is 6.92 Å². The topological polar surface area (TPSA) is 55.4 Å². The number of carbonyl (C=O) groups excluding carboxylic acids is 2. The van der Waals surface area contributed by atoms with E-state index in [0.717, 1.165) is 5.56 Å². The summed E-state index contributed by atoms with van der Waals surface area (Å²) in [5, 5.41) is 2.62. The summed E-state index contributed by atoms with van der Waals surface area (Å²) in [6.45, 7) is 3.09. The number of hydrogen-bond acceptors (Lipinski definition) is 3. The fraction of sp³-hybridized carbons (Fsp3) is 0.385. The van der Waals surface area contributed by atoms with E-state index in [2.05, 4.69) is 5.32 Å². The van der Waals surface area contributed by atoms with Crippen LogP contribution >= 0.6 is 0 Å². The maximum atomic E-state index is 11.9. The first-order valence-electron chi connectivity index (χ1n) is 5.44. The predicted octanol–water partition coefficient (Wildman–Crippen LogP) is 1.47. The highest BCUT2D eigenvalue weighted by Crippen LogP contribution is 2.16. The van der Waals surface area contributed by atoms with E-state index in [4.69, 9.17) is 4.74 Å². The third kappa shape index (κ3) is 3.67. The van der Waals surface area contributed by atoms with Crippen molar-refractivity contribution in [2.75, 3.05) is 7.11 Å². The molecule has 1 aromatic rings. The van der Waals surface area contributed by atoms with E-state index in [-0.39, 0.29) is 11.7 Å². The number of ether oxygens (including phenoxy) is 1. The van der Waals surface area contributed by atoms with Crippen LogP contribution in [0.1, 0.15) is 25.5 Å². The number of benzene rings is 1. The summed E-state index contributed by atoms with van der Waals surface area (Å²) in [6.07, 6.45) is -0.682. The smallest absolute Gasteiger partial charge is 0.254 e. The Morgan fingerprint density at radius 3 is 2.29 bits per heavy atom. The van der Waals surface area contributed by atoms with Gasteiger partial charge in [0.15, 0.2) is 11.9 Å². The second-order valence-corrected chi connectivity index (χ2v) is 3.87. The zero-order valence-electron chi connectivity index (χ0n) is 10.3. The lowest BCUT2D eigenvalue weighted by Crippen LogP contribution is -2.40. The van der Waals surface area contributed by atoms with E-state index in [1.165, 1.54) is 14.0 Å². The van der Waals surface area contributed by atoms with Crippen molar-refractivity contribution in [2.24, 2.45) is 0 Å². The molecule has 0 aliphatic rings. The number of Topliss-reactive ketones (excluding diaryl/α,β-unsaturated/α-hetero) is 1. The fourth-order valence-electron chi connectivity index (χ4n) is 1.41. The average Bonchev–Trinajstić information content (AvgIpc) is 2.31. The lowest BCUT2D eigenvalue weighted by molar-refractivity contribution is -0.134. The molecule has 0 aliphatic heterocycles. The molecule has 0 aromatic heterocycles. The molecule has 0 saturated carbocycles. The summed E-state index contributed by atoms with van der Waals surface area (Å²) in [5.41, 5.74) is 0.767. The lowest BCUT2D eigenvalue weighted by atomic mass is 10.1. The largest absolute Gasteiger partial charge is 0.367 e. The van der Waals surface area contributed by atoms with Crippen molar-refractivity contribution in [1.29, 1.82) is 0 Å². The zero-order chi connectivity index (χ0) is 12.8. The lowest BCUT2D eigenvalue weighted by Gasteiger charge is -2.18. The Balaban J connectivity index is 2.75. The van der Waals surface area contributed by atoms with Crippen molar-refractivity contribution in [3.63, 3.8) is 0 Å². The van der Waals surface area contributed by atoms with Crippen LogP contribution in [0, 0.1) is 0 Å². The van der Waals surface area contributed by atoms with E-state index in [1.807, 2.05) is 30.3 Å². The van der Waals surface area contributed by atoms with Crippen LogP contribution in [-0.4, -0.2) is 24.8 Å². The highest BCUT2D eigenvalue weighted by atomic mass is 16.5. The Kier molecular flexibility index (Phi) is 4.84. The first kappa shape index (κ1) is 13.4. The van der Waals surface area contributed by atoms with Gasteiger partial charge in [0.25, 0.3) is 5.91 Å². The van der Waals surface area contributed by atoms with Crippen LogP contribution in [0.25, 0.3) is 0 Å². The molecule has 0 bridgehead atoms. The van der Waals surface area contributed by atoms with Gasteiger partial charge in [0, 0.05) is 7.11 Å². The Labute approximate surface area is 101 Å². The maximum Gasteiger partial charge on any atom is 0.254 e. The van der Waals surface area contributed by atoms with Gasteiger partial charge in [-0.3, -0.25) is 9.59 Å². The van der Waals surface area contributed by atoms with Gasteiger partial charge in [-0.25, -0.2) is 0 Å². The van der Waals surface area contributed by atoms with Crippen molar-refractivity contribution < 1.29 is 14.3 Å². The van der Waals surface area contributed by atoms with Gasteiger partial charge in [-0.1, -0.05) is 30.3 Å².